The summed E-state index contributed by atoms with van der Waals surface area (Å²) in [5.41, 5.74) is 2.79. The second-order valence-electron chi connectivity index (χ2n) is 8.62. The van der Waals surface area contributed by atoms with Crippen LogP contribution in [0.4, 0.5) is 5.69 Å². The zero-order chi connectivity index (χ0) is 24.0. The van der Waals surface area contributed by atoms with Crippen molar-refractivity contribution in [1.29, 1.82) is 0 Å². The van der Waals surface area contributed by atoms with Gasteiger partial charge in [-0.15, -0.1) is 0 Å². The fourth-order valence-electron chi connectivity index (χ4n) is 3.24. The molecule has 0 bridgehead atoms. The summed E-state index contributed by atoms with van der Waals surface area (Å²) in [5.74, 6) is 1.11. The molecule has 6 heteroatoms. The third-order valence-corrected chi connectivity index (χ3v) is 5.12. The largest absolute Gasteiger partial charge is 0.496 e. The van der Waals surface area contributed by atoms with Gasteiger partial charge in [-0.1, -0.05) is 57.2 Å². The standard InChI is InChI=1S/C27H29NO5/c1-27(2,3)20-11-9-18(10-12-20)26(30)19-7-6-8-21(13-19)28-25(29)17-33-24-15-22(31-4)14-23(16-24)32-5/h6-16H,17H2,1-5H3,(H,28,29). The second kappa shape index (κ2) is 10.2. The van der Waals surface area contributed by atoms with E-state index in [1.807, 2.05) is 24.3 Å². The van der Waals surface area contributed by atoms with Crippen molar-refractivity contribution in [2.24, 2.45) is 0 Å². The SMILES string of the molecule is COc1cc(OC)cc(OCC(=O)Nc2cccc(C(=O)c3ccc(C(C)(C)C)cc3)c2)c1. The Bertz CT molecular complexity index is 1110. The summed E-state index contributed by atoms with van der Waals surface area (Å²) in [5, 5.41) is 2.77. The van der Waals surface area contributed by atoms with Gasteiger partial charge < -0.3 is 19.5 Å². The number of carbonyl (C=O) groups excluding carboxylic acids is 2. The Balaban J connectivity index is 1.65. The lowest BCUT2D eigenvalue weighted by molar-refractivity contribution is -0.118. The molecular weight excluding hydrogens is 418 g/mol. The Labute approximate surface area is 194 Å². The number of methoxy groups -OCH3 is 2. The molecule has 3 aromatic rings. The molecule has 0 aliphatic rings. The zero-order valence-electron chi connectivity index (χ0n) is 19.6. The maximum atomic E-state index is 12.9. The van der Waals surface area contributed by atoms with Gasteiger partial charge in [-0.05, 0) is 23.1 Å². The first-order valence-electron chi connectivity index (χ1n) is 10.6. The first kappa shape index (κ1) is 23.9. The van der Waals surface area contributed by atoms with E-state index in [9.17, 15) is 9.59 Å². The molecule has 172 valence electrons. The van der Waals surface area contributed by atoms with E-state index in [1.54, 1.807) is 56.7 Å². The molecule has 1 amide bonds. The molecular formula is C27H29NO5. The van der Waals surface area contributed by atoms with Crippen LogP contribution in [0.15, 0.2) is 66.7 Å². The average Bonchev–Trinajstić information content (AvgIpc) is 2.81. The van der Waals surface area contributed by atoms with E-state index in [2.05, 4.69) is 26.1 Å². The van der Waals surface area contributed by atoms with Gasteiger partial charge in [0.15, 0.2) is 12.4 Å². The van der Waals surface area contributed by atoms with Gasteiger partial charge in [-0.3, -0.25) is 9.59 Å². The number of carbonyl (C=O) groups is 2. The number of amides is 1. The van der Waals surface area contributed by atoms with Crippen LogP contribution in [0.2, 0.25) is 0 Å². The normalized spacial score (nSPS) is 10.9. The number of benzene rings is 3. The summed E-state index contributed by atoms with van der Waals surface area (Å²) in [4.78, 5) is 25.3. The van der Waals surface area contributed by atoms with E-state index in [-0.39, 0.29) is 23.7 Å². The number of ether oxygens (including phenoxy) is 3. The monoisotopic (exact) mass is 447 g/mol. The molecule has 0 radical (unpaired) electrons. The minimum absolute atomic E-state index is 0.0177. The molecule has 0 aliphatic heterocycles. The van der Waals surface area contributed by atoms with Crippen LogP contribution in [0.5, 0.6) is 17.2 Å². The molecule has 0 unspecified atom stereocenters. The molecule has 0 saturated heterocycles. The summed E-state index contributed by atoms with van der Waals surface area (Å²) in [6.45, 7) is 6.18. The Morgan fingerprint density at radius 3 is 1.97 bits per heavy atom. The van der Waals surface area contributed by atoms with Crippen LogP contribution in [0.3, 0.4) is 0 Å². The quantitative estimate of drug-likeness (QED) is 0.478. The molecule has 33 heavy (non-hydrogen) atoms. The van der Waals surface area contributed by atoms with Crippen LogP contribution in [0.1, 0.15) is 42.3 Å². The highest BCUT2D eigenvalue weighted by atomic mass is 16.5. The Hall–Kier alpha value is -3.80. The van der Waals surface area contributed by atoms with Gasteiger partial charge >= 0.3 is 0 Å². The third kappa shape index (κ3) is 6.35. The fourth-order valence-corrected chi connectivity index (χ4v) is 3.24. The van der Waals surface area contributed by atoms with Gasteiger partial charge in [-0.2, -0.15) is 0 Å². The summed E-state index contributed by atoms with van der Waals surface area (Å²) in [7, 11) is 3.08. The highest BCUT2D eigenvalue weighted by Gasteiger charge is 2.15. The summed E-state index contributed by atoms with van der Waals surface area (Å²) in [6.07, 6.45) is 0. The number of anilines is 1. The molecule has 0 saturated carbocycles. The molecule has 1 N–H and O–H groups in total. The maximum Gasteiger partial charge on any atom is 0.262 e. The number of ketones is 1. The Morgan fingerprint density at radius 2 is 1.39 bits per heavy atom. The lowest BCUT2D eigenvalue weighted by Crippen LogP contribution is -2.20. The molecule has 0 aliphatic carbocycles. The highest BCUT2D eigenvalue weighted by Crippen LogP contribution is 2.27. The van der Waals surface area contributed by atoms with Crippen molar-refractivity contribution < 1.29 is 23.8 Å². The van der Waals surface area contributed by atoms with Crippen LogP contribution in [-0.4, -0.2) is 32.5 Å². The maximum absolute atomic E-state index is 12.9. The molecule has 0 fully saturated rings. The first-order valence-corrected chi connectivity index (χ1v) is 10.6. The third-order valence-electron chi connectivity index (χ3n) is 5.12. The Kier molecular flexibility index (Phi) is 7.38. The van der Waals surface area contributed by atoms with E-state index in [4.69, 9.17) is 14.2 Å². The summed E-state index contributed by atoms with van der Waals surface area (Å²) in [6, 6.07) is 19.5. The van der Waals surface area contributed by atoms with Crippen molar-refractivity contribution >= 4 is 17.4 Å². The lowest BCUT2D eigenvalue weighted by Gasteiger charge is -2.19. The van der Waals surface area contributed by atoms with Crippen LogP contribution < -0.4 is 19.5 Å². The van der Waals surface area contributed by atoms with E-state index in [1.165, 1.54) is 0 Å². The smallest absolute Gasteiger partial charge is 0.262 e. The number of hydrogen-bond donors (Lipinski definition) is 1. The van der Waals surface area contributed by atoms with Gasteiger partial charge in [0.1, 0.15) is 17.2 Å². The van der Waals surface area contributed by atoms with Gasteiger partial charge in [0.25, 0.3) is 5.91 Å². The van der Waals surface area contributed by atoms with Crippen LogP contribution in [0, 0.1) is 0 Å². The van der Waals surface area contributed by atoms with Gasteiger partial charge in [0.2, 0.25) is 0 Å². The zero-order valence-corrected chi connectivity index (χ0v) is 19.6. The molecule has 3 rings (SSSR count). The topological polar surface area (TPSA) is 73.9 Å². The molecule has 0 heterocycles. The van der Waals surface area contributed by atoms with Crippen molar-refractivity contribution in [3.05, 3.63) is 83.4 Å². The van der Waals surface area contributed by atoms with E-state index >= 15 is 0 Å². The first-order chi connectivity index (χ1) is 15.7. The molecule has 0 spiro atoms. The minimum atomic E-state index is -0.351. The Morgan fingerprint density at radius 1 is 0.788 bits per heavy atom. The van der Waals surface area contributed by atoms with Crippen LogP contribution in [-0.2, 0) is 10.2 Å². The van der Waals surface area contributed by atoms with Crippen LogP contribution in [0.25, 0.3) is 0 Å². The molecule has 0 aromatic heterocycles. The lowest BCUT2D eigenvalue weighted by atomic mass is 9.86. The predicted molar refractivity (Wildman–Crippen MR) is 129 cm³/mol. The molecule has 0 atom stereocenters. The van der Waals surface area contributed by atoms with E-state index < -0.39 is 0 Å². The van der Waals surface area contributed by atoms with Crippen molar-refractivity contribution in [3.63, 3.8) is 0 Å². The van der Waals surface area contributed by atoms with Crippen molar-refractivity contribution in [3.8, 4) is 17.2 Å². The average molecular weight is 448 g/mol. The van der Waals surface area contributed by atoms with E-state index in [0.29, 0.717) is 34.1 Å². The van der Waals surface area contributed by atoms with Gasteiger partial charge in [-0.25, -0.2) is 0 Å². The van der Waals surface area contributed by atoms with Crippen LogP contribution >= 0.6 is 0 Å². The highest BCUT2D eigenvalue weighted by molar-refractivity contribution is 6.09. The van der Waals surface area contributed by atoms with Crippen molar-refractivity contribution in [1.82, 2.24) is 0 Å². The number of rotatable bonds is 8. The molecule has 3 aromatic carbocycles. The number of hydrogen-bond acceptors (Lipinski definition) is 5. The number of nitrogens with one attached hydrogen (secondary N) is 1. The predicted octanol–water partition coefficient (Wildman–Crippen LogP) is 5.25. The van der Waals surface area contributed by atoms with Gasteiger partial charge in [0.05, 0.1) is 14.2 Å². The fraction of sp³-hybridized carbons (Fsp3) is 0.259. The van der Waals surface area contributed by atoms with Gasteiger partial charge in [0, 0.05) is 35.0 Å². The van der Waals surface area contributed by atoms with Crippen molar-refractivity contribution in [2.45, 2.75) is 26.2 Å². The second-order valence-corrected chi connectivity index (χ2v) is 8.62. The summed E-state index contributed by atoms with van der Waals surface area (Å²) >= 11 is 0. The summed E-state index contributed by atoms with van der Waals surface area (Å²) < 4.78 is 16.0. The molecule has 6 nitrogen and oxygen atoms in total. The van der Waals surface area contributed by atoms with Crippen molar-refractivity contribution in [2.75, 3.05) is 26.1 Å². The minimum Gasteiger partial charge on any atom is -0.496 e. The van der Waals surface area contributed by atoms with E-state index in [0.717, 1.165) is 5.56 Å².